The van der Waals surface area contributed by atoms with Crippen molar-refractivity contribution in [2.24, 2.45) is 10.7 Å². The van der Waals surface area contributed by atoms with Crippen molar-refractivity contribution in [2.75, 3.05) is 7.11 Å². The standard InChI is InChI=1S/C10H18N2O/c1-13-10(6-2-3-7-10)9(11)12-8-4-5-8/h8H,2-7H2,1H3,(H2,11,12). The molecule has 2 saturated carbocycles. The molecule has 0 aromatic carbocycles. The third kappa shape index (κ3) is 1.70. The lowest BCUT2D eigenvalue weighted by Crippen LogP contribution is -2.43. The largest absolute Gasteiger partial charge is 0.385 e. The molecule has 2 fully saturated rings. The van der Waals surface area contributed by atoms with Gasteiger partial charge in [0, 0.05) is 7.11 Å². The third-order valence-corrected chi connectivity index (χ3v) is 3.14. The topological polar surface area (TPSA) is 47.6 Å². The van der Waals surface area contributed by atoms with E-state index in [1.54, 1.807) is 7.11 Å². The molecule has 0 heterocycles. The zero-order chi connectivity index (χ0) is 9.31. The number of nitrogens with two attached hydrogens (primary N) is 1. The van der Waals surface area contributed by atoms with Crippen molar-refractivity contribution in [1.82, 2.24) is 0 Å². The minimum absolute atomic E-state index is 0.206. The monoisotopic (exact) mass is 182 g/mol. The van der Waals surface area contributed by atoms with Crippen LogP contribution in [-0.2, 0) is 4.74 Å². The van der Waals surface area contributed by atoms with Gasteiger partial charge in [-0.15, -0.1) is 0 Å². The lowest BCUT2D eigenvalue weighted by Gasteiger charge is -2.26. The lowest BCUT2D eigenvalue weighted by molar-refractivity contribution is 0.0550. The van der Waals surface area contributed by atoms with E-state index in [9.17, 15) is 0 Å². The van der Waals surface area contributed by atoms with Gasteiger partial charge in [-0.1, -0.05) is 0 Å². The average molecular weight is 182 g/mol. The molecule has 0 saturated heterocycles. The van der Waals surface area contributed by atoms with Crippen molar-refractivity contribution < 1.29 is 4.74 Å². The van der Waals surface area contributed by atoms with Crippen LogP contribution in [0, 0.1) is 0 Å². The van der Waals surface area contributed by atoms with Gasteiger partial charge < -0.3 is 10.5 Å². The Morgan fingerprint density at radius 3 is 2.46 bits per heavy atom. The first-order valence-corrected chi connectivity index (χ1v) is 5.16. The van der Waals surface area contributed by atoms with Crippen molar-refractivity contribution in [2.45, 2.75) is 50.2 Å². The molecule has 2 rings (SSSR count). The number of aliphatic imine (C=N–C) groups is 1. The predicted molar refractivity (Wildman–Crippen MR) is 52.9 cm³/mol. The fourth-order valence-electron chi connectivity index (χ4n) is 2.03. The Balaban J connectivity index is 2.09. The maximum absolute atomic E-state index is 5.99. The van der Waals surface area contributed by atoms with Gasteiger partial charge in [0.25, 0.3) is 0 Å². The van der Waals surface area contributed by atoms with Crippen LogP contribution in [0.4, 0.5) is 0 Å². The SMILES string of the molecule is COC1(C(N)=NC2CC2)CCCC1. The molecule has 0 aromatic heterocycles. The maximum Gasteiger partial charge on any atom is 0.127 e. The Labute approximate surface area is 79.4 Å². The second-order valence-electron chi connectivity index (χ2n) is 4.15. The third-order valence-electron chi connectivity index (χ3n) is 3.14. The first-order valence-electron chi connectivity index (χ1n) is 5.16. The number of rotatable bonds is 3. The van der Waals surface area contributed by atoms with E-state index in [0.717, 1.165) is 18.7 Å². The van der Waals surface area contributed by atoms with Crippen molar-refractivity contribution in [3.05, 3.63) is 0 Å². The van der Waals surface area contributed by atoms with Crippen LogP contribution in [0.1, 0.15) is 38.5 Å². The number of amidine groups is 1. The van der Waals surface area contributed by atoms with Gasteiger partial charge in [-0.3, -0.25) is 4.99 Å². The van der Waals surface area contributed by atoms with Gasteiger partial charge in [0.2, 0.25) is 0 Å². The van der Waals surface area contributed by atoms with Gasteiger partial charge in [0.05, 0.1) is 6.04 Å². The van der Waals surface area contributed by atoms with E-state index in [2.05, 4.69) is 4.99 Å². The molecule has 0 unspecified atom stereocenters. The average Bonchev–Trinajstić information content (AvgIpc) is 2.83. The Hall–Kier alpha value is -0.570. The molecule has 3 heteroatoms. The van der Waals surface area contributed by atoms with Crippen LogP contribution < -0.4 is 5.73 Å². The molecule has 0 radical (unpaired) electrons. The highest BCUT2D eigenvalue weighted by atomic mass is 16.5. The summed E-state index contributed by atoms with van der Waals surface area (Å²) in [4.78, 5) is 4.48. The van der Waals surface area contributed by atoms with E-state index in [1.165, 1.54) is 25.7 Å². The smallest absolute Gasteiger partial charge is 0.127 e. The molecular weight excluding hydrogens is 164 g/mol. The van der Waals surface area contributed by atoms with E-state index < -0.39 is 0 Å². The Morgan fingerprint density at radius 1 is 1.38 bits per heavy atom. The van der Waals surface area contributed by atoms with Gasteiger partial charge in [-0.25, -0.2) is 0 Å². The van der Waals surface area contributed by atoms with Crippen LogP contribution in [0.25, 0.3) is 0 Å². The van der Waals surface area contributed by atoms with Crippen LogP contribution in [0.2, 0.25) is 0 Å². The fraction of sp³-hybridized carbons (Fsp3) is 0.900. The molecule has 0 aromatic rings. The molecule has 0 atom stereocenters. The summed E-state index contributed by atoms with van der Waals surface area (Å²) in [5, 5.41) is 0. The number of nitrogens with zero attached hydrogens (tertiary/aromatic N) is 1. The van der Waals surface area contributed by atoms with Crippen LogP contribution in [0.3, 0.4) is 0 Å². The van der Waals surface area contributed by atoms with E-state index in [1.807, 2.05) is 0 Å². The van der Waals surface area contributed by atoms with Crippen LogP contribution in [-0.4, -0.2) is 24.6 Å². The quantitative estimate of drug-likeness (QED) is 0.530. The Morgan fingerprint density at radius 2 is 2.00 bits per heavy atom. The van der Waals surface area contributed by atoms with Crippen LogP contribution >= 0.6 is 0 Å². The van der Waals surface area contributed by atoms with Crippen molar-refractivity contribution in [1.29, 1.82) is 0 Å². The molecule has 0 aliphatic heterocycles. The summed E-state index contributed by atoms with van der Waals surface area (Å²) in [6.07, 6.45) is 6.95. The molecule has 2 aliphatic rings. The summed E-state index contributed by atoms with van der Waals surface area (Å²) < 4.78 is 5.53. The highest BCUT2D eigenvalue weighted by Crippen LogP contribution is 2.34. The van der Waals surface area contributed by atoms with Gasteiger partial charge in [-0.05, 0) is 38.5 Å². The van der Waals surface area contributed by atoms with E-state index in [-0.39, 0.29) is 5.60 Å². The van der Waals surface area contributed by atoms with Gasteiger partial charge in [-0.2, -0.15) is 0 Å². The molecule has 2 N–H and O–H groups in total. The van der Waals surface area contributed by atoms with Crippen molar-refractivity contribution in [3.63, 3.8) is 0 Å². The molecule has 0 spiro atoms. The maximum atomic E-state index is 5.99. The van der Waals surface area contributed by atoms with E-state index in [4.69, 9.17) is 10.5 Å². The first kappa shape index (κ1) is 9.00. The van der Waals surface area contributed by atoms with Gasteiger partial charge in [0.1, 0.15) is 11.4 Å². The Kier molecular flexibility index (Phi) is 2.28. The number of hydrogen-bond donors (Lipinski definition) is 1. The minimum atomic E-state index is -0.206. The van der Waals surface area contributed by atoms with Crippen molar-refractivity contribution in [3.8, 4) is 0 Å². The second-order valence-corrected chi connectivity index (χ2v) is 4.15. The van der Waals surface area contributed by atoms with E-state index in [0.29, 0.717) is 6.04 Å². The summed E-state index contributed by atoms with van der Waals surface area (Å²) in [7, 11) is 1.75. The van der Waals surface area contributed by atoms with Gasteiger partial charge >= 0.3 is 0 Å². The highest BCUT2D eigenvalue weighted by Gasteiger charge is 2.38. The summed E-state index contributed by atoms with van der Waals surface area (Å²) in [6, 6.07) is 0.507. The molecule has 0 amide bonds. The summed E-state index contributed by atoms with van der Waals surface area (Å²) in [6.45, 7) is 0. The molecule has 0 bridgehead atoms. The normalized spacial score (nSPS) is 27.9. The molecule has 3 nitrogen and oxygen atoms in total. The summed E-state index contributed by atoms with van der Waals surface area (Å²) in [5.74, 6) is 0.745. The minimum Gasteiger partial charge on any atom is -0.385 e. The van der Waals surface area contributed by atoms with Crippen LogP contribution in [0.5, 0.6) is 0 Å². The fourth-order valence-corrected chi connectivity index (χ4v) is 2.03. The molecule has 2 aliphatic carbocycles. The summed E-state index contributed by atoms with van der Waals surface area (Å²) >= 11 is 0. The van der Waals surface area contributed by atoms with E-state index >= 15 is 0 Å². The Bertz CT molecular complexity index is 215. The molecule has 13 heavy (non-hydrogen) atoms. The first-order chi connectivity index (χ1) is 6.27. The zero-order valence-electron chi connectivity index (χ0n) is 8.25. The predicted octanol–water partition coefficient (Wildman–Crippen LogP) is 1.47. The summed E-state index contributed by atoms with van der Waals surface area (Å²) in [5.41, 5.74) is 5.78. The van der Waals surface area contributed by atoms with Gasteiger partial charge in [0.15, 0.2) is 0 Å². The number of ether oxygens (including phenoxy) is 1. The zero-order valence-corrected chi connectivity index (χ0v) is 8.25. The number of hydrogen-bond acceptors (Lipinski definition) is 2. The molecular formula is C10H18N2O. The lowest BCUT2D eigenvalue weighted by atomic mass is 10.0. The highest BCUT2D eigenvalue weighted by molar-refractivity contribution is 5.89. The molecule has 74 valence electrons. The second kappa shape index (κ2) is 3.29. The number of methoxy groups -OCH3 is 1. The van der Waals surface area contributed by atoms with Crippen molar-refractivity contribution >= 4 is 5.84 Å². The van der Waals surface area contributed by atoms with Crippen LogP contribution in [0.15, 0.2) is 4.99 Å².